The molecule has 8 heteroatoms. The summed E-state index contributed by atoms with van der Waals surface area (Å²) < 4.78 is 12.8. The van der Waals surface area contributed by atoms with Crippen LogP contribution in [-0.2, 0) is 4.74 Å². The fourth-order valence-electron chi connectivity index (χ4n) is 4.96. The first-order chi connectivity index (χ1) is 17.7. The molecule has 0 saturated heterocycles. The maximum atomic E-state index is 13.4. The number of aliphatic hydroxyl groups is 1. The summed E-state index contributed by atoms with van der Waals surface area (Å²) in [4.78, 5) is 13.4. The second-order valence-electron chi connectivity index (χ2n) is 10.5. The minimum atomic E-state index is -1.01. The maximum absolute atomic E-state index is 13.4. The van der Waals surface area contributed by atoms with Crippen LogP contribution in [0, 0.1) is 12.8 Å². The van der Waals surface area contributed by atoms with Gasteiger partial charge in [-0.15, -0.1) is 5.10 Å². The number of nitrogens with one attached hydrogen (secondary N) is 2. The van der Waals surface area contributed by atoms with E-state index >= 15 is 0 Å². The smallest absolute Gasteiger partial charge is 0.320 e. The number of para-hydroxylation sites is 1. The van der Waals surface area contributed by atoms with Gasteiger partial charge in [-0.2, -0.15) is 0 Å². The normalized spacial score (nSPS) is 19.5. The van der Waals surface area contributed by atoms with Gasteiger partial charge in [0.05, 0.1) is 16.9 Å². The molecule has 8 nitrogen and oxygen atoms in total. The largest absolute Gasteiger partial charge is 0.473 e. The number of carbonyl (C=O) groups is 1. The molecular weight excluding hydrogens is 468 g/mol. The third-order valence-electron chi connectivity index (χ3n) is 6.81. The highest BCUT2D eigenvalue weighted by atomic mass is 16.5. The second-order valence-corrected chi connectivity index (χ2v) is 10.5. The minimum absolute atomic E-state index is 0.00330. The van der Waals surface area contributed by atoms with Crippen molar-refractivity contribution in [3.05, 3.63) is 71.8 Å². The van der Waals surface area contributed by atoms with E-state index in [9.17, 15) is 9.90 Å². The van der Waals surface area contributed by atoms with Gasteiger partial charge in [0, 0.05) is 25.7 Å². The number of urea groups is 1. The monoisotopic (exact) mass is 506 g/mol. The number of rotatable bonds is 10. The Bertz CT molecular complexity index is 1160. The van der Waals surface area contributed by atoms with Gasteiger partial charge in [-0.25, -0.2) is 9.48 Å². The molecule has 0 unspecified atom stereocenters. The molecule has 0 radical (unpaired) electrons. The van der Waals surface area contributed by atoms with E-state index in [1.54, 1.807) is 25.6 Å². The average Bonchev–Trinajstić information content (AvgIpc) is 3.42. The molecular formula is C29H38N4O4. The van der Waals surface area contributed by atoms with Gasteiger partial charge in [0.15, 0.2) is 0 Å². The molecule has 1 aromatic heterocycles. The number of benzene rings is 2. The highest BCUT2D eigenvalue weighted by Crippen LogP contribution is 2.40. The van der Waals surface area contributed by atoms with Crippen LogP contribution in [0.4, 0.5) is 10.6 Å². The molecule has 1 saturated carbocycles. The Morgan fingerprint density at radius 1 is 1.11 bits per heavy atom. The lowest BCUT2D eigenvalue weighted by molar-refractivity contribution is 0.0265. The van der Waals surface area contributed by atoms with Crippen molar-refractivity contribution in [2.24, 2.45) is 5.92 Å². The molecule has 4 rings (SSSR count). The predicted octanol–water partition coefficient (Wildman–Crippen LogP) is 5.05. The van der Waals surface area contributed by atoms with Gasteiger partial charge in [-0.1, -0.05) is 48.5 Å². The first kappa shape index (κ1) is 26.7. The summed E-state index contributed by atoms with van der Waals surface area (Å²) in [6.45, 7) is 6.00. The standard InChI is InChI=1S/C29H38N4O4/c1-20-26(33(23-13-9-6-10-14-23)32-27(20)37-19-29(2,3)35)31-28(34)30-25-18-21(15-16-36-4)17-24(25)22-11-7-5-8-12-22/h5-14,21,24-25,35H,15-19H2,1-4H3,(H2,30,31,34)/t21-,24-,25+/m0/s1. The molecule has 3 aromatic rings. The quantitative estimate of drug-likeness (QED) is 0.357. The Kier molecular flexibility index (Phi) is 8.51. The highest BCUT2D eigenvalue weighted by Gasteiger charge is 2.36. The van der Waals surface area contributed by atoms with Crippen molar-refractivity contribution in [1.82, 2.24) is 15.1 Å². The number of hydrogen-bond donors (Lipinski definition) is 3. The van der Waals surface area contributed by atoms with Gasteiger partial charge in [-0.3, -0.25) is 5.32 Å². The lowest BCUT2D eigenvalue weighted by Crippen LogP contribution is -2.40. The van der Waals surface area contributed by atoms with Crippen LogP contribution in [-0.4, -0.2) is 52.9 Å². The van der Waals surface area contributed by atoms with Crippen molar-refractivity contribution < 1.29 is 19.4 Å². The van der Waals surface area contributed by atoms with Crippen molar-refractivity contribution in [3.8, 4) is 11.6 Å². The SMILES string of the molecule is COCC[C@@H]1C[C@@H](NC(=O)Nc2c(C)c(OCC(C)(C)O)nn2-c2ccccc2)[C@H](c2ccccc2)C1. The molecule has 1 aliphatic rings. The van der Waals surface area contributed by atoms with E-state index in [-0.39, 0.29) is 24.6 Å². The Hall–Kier alpha value is -3.36. The van der Waals surface area contributed by atoms with E-state index in [1.165, 1.54) is 5.56 Å². The molecule has 0 bridgehead atoms. The number of ether oxygens (including phenoxy) is 2. The highest BCUT2D eigenvalue weighted by molar-refractivity contribution is 5.90. The van der Waals surface area contributed by atoms with Gasteiger partial charge < -0.3 is 19.9 Å². The van der Waals surface area contributed by atoms with Gasteiger partial charge in [0.1, 0.15) is 12.4 Å². The summed E-state index contributed by atoms with van der Waals surface area (Å²) in [5.41, 5.74) is 1.71. The molecule has 198 valence electrons. The number of hydrogen-bond acceptors (Lipinski definition) is 5. The van der Waals surface area contributed by atoms with Crippen molar-refractivity contribution in [1.29, 1.82) is 0 Å². The summed E-state index contributed by atoms with van der Waals surface area (Å²) in [6, 6.07) is 19.7. The zero-order chi connectivity index (χ0) is 26.4. The van der Waals surface area contributed by atoms with Crippen LogP contribution in [0.3, 0.4) is 0 Å². The van der Waals surface area contributed by atoms with Crippen molar-refractivity contribution in [2.75, 3.05) is 25.6 Å². The maximum Gasteiger partial charge on any atom is 0.320 e. The molecule has 1 aliphatic carbocycles. The first-order valence-electron chi connectivity index (χ1n) is 12.9. The molecule has 0 aliphatic heterocycles. The van der Waals surface area contributed by atoms with Gasteiger partial charge in [0.25, 0.3) is 0 Å². The lowest BCUT2D eigenvalue weighted by Gasteiger charge is -2.22. The van der Waals surface area contributed by atoms with E-state index in [4.69, 9.17) is 9.47 Å². The van der Waals surface area contributed by atoms with Gasteiger partial charge in [-0.05, 0) is 63.6 Å². The fraction of sp³-hybridized carbons (Fsp3) is 0.448. The zero-order valence-corrected chi connectivity index (χ0v) is 22.1. The lowest BCUT2D eigenvalue weighted by atomic mass is 9.93. The number of anilines is 1. The third kappa shape index (κ3) is 6.90. The van der Waals surface area contributed by atoms with E-state index in [0.717, 1.165) is 24.9 Å². The Balaban J connectivity index is 1.55. The van der Waals surface area contributed by atoms with Crippen LogP contribution in [0.25, 0.3) is 5.69 Å². The van der Waals surface area contributed by atoms with Crippen LogP contribution in [0.2, 0.25) is 0 Å². The van der Waals surface area contributed by atoms with Crippen molar-refractivity contribution in [3.63, 3.8) is 0 Å². The summed E-state index contributed by atoms with van der Waals surface area (Å²) in [6.07, 6.45) is 2.88. The number of aromatic nitrogens is 2. The predicted molar refractivity (Wildman–Crippen MR) is 144 cm³/mol. The minimum Gasteiger partial charge on any atom is -0.473 e. The third-order valence-corrected chi connectivity index (χ3v) is 6.81. The van der Waals surface area contributed by atoms with Crippen LogP contribution < -0.4 is 15.4 Å². The molecule has 1 heterocycles. The van der Waals surface area contributed by atoms with Gasteiger partial charge in [0.2, 0.25) is 5.88 Å². The molecule has 3 atom stereocenters. The summed E-state index contributed by atoms with van der Waals surface area (Å²) in [7, 11) is 1.73. The Labute approximate surface area is 219 Å². The number of nitrogens with zero attached hydrogens (tertiary/aromatic N) is 2. The number of methoxy groups -OCH3 is 1. The Morgan fingerprint density at radius 3 is 2.43 bits per heavy atom. The van der Waals surface area contributed by atoms with E-state index < -0.39 is 5.60 Å². The summed E-state index contributed by atoms with van der Waals surface area (Å²) in [5.74, 6) is 1.61. The first-order valence-corrected chi connectivity index (χ1v) is 12.9. The molecule has 1 fully saturated rings. The van der Waals surface area contributed by atoms with Crippen LogP contribution in [0.1, 0.15) is 50.2 Å². The molecule has 0 spiro atoms. The van der Waals surface area contributed by atoms with Crippen LogP contribution in [0.5, 0.6) is 5.88 Å². The van der Waals surface area contributed by atoms with Gasteiger partial charge >= 0.3 is 6.03 Å². The second kappa shape index (κ2) is 11.8. The van der Waals surface area contributed by atoms with Crippen LogP contribution in [0.15, 0.2) is 60.7 Å². The number of carbonyl (C=O) groups excluding carboxylic acids is 1. The number of amides is 2. The molecule has 2 aromatic carbocycles. The van der Waals surface area contributed by atoms with E-state index in [0.29, 0.717) is 29.8 Å². The zero-order valence-electron chi connectivity index (χ0n) is 22.1. The average molecular weight is 507 g/mol. The fourth-order valence-corrected chi connectivity index (χ4v) is 4.96. The summed E-state index contributed by atoms with van der Waals surface area (Å²) in [5, 5.41) is 21.0. The summed E-state index contributed by atoms with van der Waals surface area (Å²) >= 11 is 0. The van der Waals surface area contributed by atoms with E-state index in [2.05, 4.69) is 27.9 Å². The molecule has 2 amide bonds. The van der Waals surface area contributed by atoms with Crippen molar-refractivity contribution >= 4 is 11.8 Å². The van der Waals surface area contributed by atoms with Crippen molar-refractivity contribution in [2.45, 2.75) is 57.6 Å². The molecule has 3 N–H and O–H groups in total. The molecule has 37 heavy (non-hydrogen) atoms. The van der Waals surface area contributed by atoms with E-state index in [1.807, 2.05) is 55.5 Å². The Morgan fingerprint density at radius 2 is 1.78 bits per heavy atom. The van der Waals surface area contributed by atoms with Crippen LogP contribution >= 0.6 is 0 Å². The topological polar surface area (TPSA) is 97.6 Å².